The van der Waals surface area contributed by atoms with Crippen LogP contribution in [0.5, 0.6) is 0 Å². The molecular formula is C7H9InO2. The number of rotatable bonds is 3. The predicted molar refractivity (Wildman–Crippen MR) is 40.9 cm³/mol. The first kappa shape index (κ1) is 8.05. The number of Topliss-reactive ketones (excluding diaryl/α,β-unsaturated/α-hetero) is 1. The minimum absolute atomic E-state index is 0.242. The Morgan fingerprint density at radius 2 is 2.60 bits per heavy atom. The van der Waals surface area contributed by atoms with E-state index in [1.807, 2.05) is 10.7 Å². The molecule has 52 valence electrons. The molecule has 0 aromatic carbocycles. The quantitative estimate of drug-likeness (QED) is 0.725. The fraction of sp³-hybridized carbons (Fsp3) is 0.429. The molecule has 0 saturated heterocycles. The molecule has 0 aromatic rings. The normalized spacial score (nSPS) is 13.9. The van der Waals surface area contributed by atoms with E-state index in [0.717, 1.165) is 12.0 Å². The maximum absolute atomic E-state index is 11.1. The van der Waals surface area contributed by atoms with E-state index in [1.165, 1.54) is 0 Å². The number of hydrogen-bond acceptors (Lipinski definition) is 2. The van der Waals surface area contributed by atoms with Crippen molar-refractivity contribution in [3.63, 3.8) is 0 Å². The van der Waals surface area contributed by atoms with Crippen molar-refractivity contribution in [1.29, 1.82) is 0 Å². The Morgan fingerprint density at radius 3 is 3.10 bits per heavy atom. The molecule has 0 fully saturated rings. The SMILES string of the molecule is CCCC(=O)C1=C[O][In]=[CH]1. The summed E-state index contributed by atoms with van der Waals surface area (Å²) in [4.78, 5) is 11.1. The van der Waals surface area contributed by atoms with Gasteiger partial charge in [-0.25, -0.2) is 0 Å². The van der Waals surface area contributed by atoms with Crippen molar-refractivity contribution in [3.8, 4) is 0 Å². The van der Waals surface area contributed by atoms with Crippen molar-refractivity contribution in [2.24, 2.45) is 0 Å². The van der Waals surface area contributed by atoms with Gasteiger partial charge in [0.05, 0.1) is 0 Å². The zero-order chi connectivity index (χ0) is 7.40. The van der Waals surface area contributed by atoms with Crippen molar-refractivity contribution in [2.75, 3.05) is 0 Å². The molecule has 3 heteroatoms. The van der Waals surface area contributed by atoms with Crippen LogP contribution in [-0.2, 0) is 7.65 Å². The summed E-state index contributed by atoms with van der Waals surface area (Å²) in [7, 11) is 0. The van der Waals surface area contributed by atoms with Gasteiger partial charge in [-0.3, -0.25) is 0 Å². The molecule has 1 rings (SSSR count). The Balaban J connectivity index is 2.48. The summed E-state index contributed by atoms with van der Waals surface area (Å²) in [6, 6.07) is 0. The maximum atomic E-state index is 11.1. The Hall–Kier alpha value is -0.0499. The van der Waals surface area contributed by atoms with Crippen molar-refractivity contribution >= 4 is 32.4 Å². The van der Waals surface area contributed by atoms with Crippen LogP contribution < -0.4 is 0 Å². The molecule has 1 aliphatic rings. The summed E-state index contributed by atoms with van der Waals surface area (Å²) in [5, 5.41) is 0. The van der Waals surface area contributed by atoms with Crippen LogP contribution in [0.25, 0.3) is 0 Å². The minimum atomic E-state index is -0.894. The first-order chi connectivity index (χ1) is 4.84. The molecule has 1 aliphatic heterocycles. The Labute approximate surface area is 71.7 Å². The molecule has 0 spiro atoms. The number of allylic oxidation sites excluding steroid dienone is 1. The topological polar surface area (TPSA) is 26.3 Å². The summed E-state index contributed by atoms with van der Waals surface area (Å²) >= 11 is -0.894. The van der Waals surface area contributed by atoms with Crippen LogP contribution in [0.2, 0.25) is 0 Å². The molecule has 10 heavy (non-hydrogen) atoms. The Morgan fingerprint density at radius 1 is 1.80 bits per heavy atom. The number of hydrogen-bond donors (Lipinski definition) is 0. The van der Waals surface area contributed by atoms with Gasteiger partial charge in [0.1, 0.15) is 0 Å². The first-order valence-corrected chi connectivity index (χ1v) is 6.65. The molecule has 0 atom stereocenters. The average molecular weight is 240 g/mol. The van der Waals surface area contributed by atoms with Crippen LogP contribution in [0.4, 0.5) is 0 Å². The third-order valence-electron chi connectivity index (χ3n) is 1.32. The summed E-state index contributed by atoms with van der Waals surface area (Å²) in [5.41, 5.74) is 0.822. The molecule has 0 aliphatic carbocycles. The molecule has 0 aromatic heterocycles. The second-order valence-electron chi connectivity index (χ2n) is 2.19. The molecule has 0 N–H and O–H groups in total. The van der Waals surface area contributed by atoms with E-state index in [-0.39, 0.29) is 5.78 Å². The van der Waals surface area contributed by atoms with E-state index in [9.17, 15) is 4.79 Å². The molecular weight excluding hydrogens is 231 g/mol. The van der Waals surface area contributed by atoms with Crippen LogP contribution in [0.15, 0.2) is 11.8 Å². The molecule has 0 bridgehead atoms. The van der Waals surface area contributed by atoms with E-state index >= 15 is 0 Å². The van der Waals surface area contributed by atoms with Crippen molar-refractivity contribution in [2.45, 2.75) is 19.8 Å². The second kappa shape index (κ2) is 3.96. The molecule has 1 heterocycles. The van der Waals surface area contributed by atoms with E-state index in [2.05, 4.69) is 0 Å². The van der Waals surface area contributed by atoms with Crippen LogP contribution >= 0.6 is 0 Å². The fourth-order valence-corrected chi connectivity index (χ4v) is 2.83. The standard InChI is InChI=1S/C7H10O2.In/c1-3-4-7(9)6(2)5-8;/h2,5,8H,3-4H2,1H3;/q;+1/p-1. The van der Waals surface area contributed by atoms with Crippen molar-refractivity contribution in [3.05, 3.63) is 11.8 Å². The second-order valence-corrected chi connectivity index (χ2v) is 4.69. The Bertz CT molecular complexity index is 194. The van der Waals surface area contributed by atoms with E-state index < -0.39 is 22.9 Å². The summed E-state index contributed by atoms with van der Waals surface area (Å²) in [6.07, 6.45) is 3.21. The van der Waals surface area contributed by atoms with Gasteiger partial charge < -0.3 is 0 Å². The summed E-state index contributed by atoms with van der Waals surface area (Å²) < 4.78 is 7.08. The third-order valence-corrected chi connectivity index (χ3v) is 3.57. The van der Waals surface area contributed by atoms with E-state index in [4.69, 9.17) is 2.85 Å². The third kappa shape index (κ3) is 1.97. The van der Waals surface area contributed by atoms with Gasteiger partial charge in [-0.2, -0.15) is 0 Å². The van der Waals surface area contributed by atoms with Crippen molar-refractivity contribution < 1.29 is 7.65 Å². The van der Waals surface area contributed by atoms with Crippen LogP contribution in [0, 0.1) is 0 Å². The Kier molecular flexibility index (Phi) is 3.19. The molecule has 0 amide bonds. The molecule has 0 radical (unpaired) electrons. The van der Waals surface area contributed by atoms with Crippen LogP contribution in [0.3, 0.4) is 0 Å². The van der Waals surface area contributed by atoms with Gasteiger partial charge in [0.25, 0.3) is 0 Å². The summed E-state index contributed by atoms with van der Waals surface area (Å²) in [5.74, 6) is 0.242. The molecule has 0 saturated carbocycles. The monoisotopic (exact) mass is 240 g/mol. The predicted octanol–water partition coefficient (Wildman–Crippen LogP) is 0.691. The number of ketones is 1. The van der Waals surface area contributed by atoms with Gasteiger partial charge in [0.15, 0.2) is 0 Å². The number of carbonyl (C=O) groups is 1. The van der Waals surface area contributed by atoms with E-state index in [1.54, 1.807) is 6.26 Å². The zero-order valence-electron chi connectivity index (χ0n) is 5.96. The average Bonchev–Trinajstić information content (AvgIpc) is 2.38. The fourth-order valence-electron chi connectivity index (χ4n) is 0.795. The van der Waals surface area contributed by atoms with Crippen LogP contribution in [0.1, 0.15) is 19.8 Å². The van der Waals surface area contributed by atoms with Gasteiger partial charge in [0.2, 0.25) is 0 Å². The summed E-state index contributed by atoms with van der Waals surface area (Å²) in [6.45, 7) is 2.01. The van der Waals surface area contributed by atoms with E-state index in [0.29, 0.717) is 6.42 Å². The van der Waals surface area contributed by atoms with Gasteiger partial charge in [-0.05, 0) is 0 Å². The van der Waals surface area contributed by atoms with Gasteiger partial charge >= 0.3 is 71.7 Å². The zero-order valence-corrected chi connectivity index (χ0v) is 9.26. The van der Waals surface area contributed by atoms with Crippen LogP contribution in [-0.4, -0.2) is 32.4 Å². The number of carbonyl (C=O) groups excluding carboxylic acids is 1. The molecule has 0 unspecified atom stereocenters. The van der Waals surface area contributed by atoms with Crippen molar-refractivity contribution in [1.82, 2.24) is 0 Å². The van der Waals surface area contributed by atoms with Gasteiger partial charge in [-0.15, -0.1) is 0 Å². The molecule has 2 nitrogen and oxygen atoms in total. The van der Waals surface area contributed by atoms with Gasteiger partial charge in [0, 0.05) is 0 Å². The van der Waals surface area contributed by atoms with Gasteiger partial charge in [-0.1, -0.05) is 0 Å². The first-order valence-electron chi connectivity index (χ1n) is 3.40.